The predicted molar refractivity (Wildman–Crippen MR) is 81.4 cm³/mol. The fourth-order valence-corrected chi connectivity index (χ4v) is 2.75. The fraction of sp³-hybridized carbons (Fsp3) is 0.571. The number of rotatable bonds is 9. The van der Waals surface area contributed by atoms with Gasteiger partial charge in [0.2, 0.25) is 0 Å². The van der Waals surface area contributed by atoms with E-state index in [4.69, 9.17) is 11.6 Å². The van der Waals surface area contributed by atoms with Crippen LogP contribution in [-0.4, -0.2) is 30.1 Å². The van der Waals surface area contributed by atoms with Crippen LogP contribution in [0.4, 0.5) is 0 Å². The molecule has 1 unspecified atom stereocenters. The average Bonchev–Trinajstić information content (AvgIpc) is 2.40. The molecule has 102 valence electrons. The molecule has 2 nitrogen and oxygen atoms in total. The Balaban J connectivity index is 2.15. The van der Waals surface area contributed by atoms with Crippen LogP contribution in [0.3, 0.4) is 0 Å². The highest BCUT2D eigenvalue weighted by Gasteiger charge is 2.05. The molecule has 0 saturated heterocycles. The van der Waals surface area contributed by atoms with Crippen molar-refractivity contribution < 1.29 is 5.11 Å². The highest BCUT2D eigenvalue weighted by Crippen LogP contribution is 2.16. The van der Waals surface area contributed by atoms with E-state index in [0.29, 0.717) is 0 Å². The van der Waals surface area contributed by atoms with Gasteiger partial charge in [0.25, 0.3) is 0 Å². The van der Waals surface area contributed by atoms with Gasteiger partial charge in [0.1, 0.15) is 0 Å². The number of benzene rings is 1. The van der Waals surface area contributed by atoms with E-state index in [0.717, 1.165) is 35.9 Å². The Bertz CT molecular complexity index is 318. The number of nitrogens with one attached hydrogen (secondary N) is 1. The Kier molecular flexibility index (Phi) is 8.51. The monoisotopic (exact) mass is 287 g/mol. The molecule has 0 aliphatic rings. The molecule has 0 aliphatic carbocycles. The van der Waals surface area contributed by atoms with Crippen LogP contribution in [0.15, 0.2) is 24.3 Å². The zero-order valence-corrected chi connectivity index (χ0v) is 12.4. The van der Waals surface area contributed by atoms with Crippen LogP contribution in [0.2, 0.25) is 5.02 Å². The molecule has 1 aromatic rings. The molecule has 0 saturated carbocycles. The maximum atomic E-state index is 9.21. The zero-order valence-electron chi connectivity index (χ0n) is 10.9. The summed E-state index contributed by atoms with van der Waals surface area (Å²) in [7, 11) is 0. The van der Waals surface area contributed by atoms with E-state index in [-0.39, 0.29) is 12.6 Å². The van der Waals surface area contributed by atoms with E-state index >= 15 is 0 Å². The largest absolute Gasteiger partial charge is 0.395 e. The Labute approximate surface area is 119 Å². The summed E-state index contributed by atoms with van der Waals surface area (Å²) in [4.78, 5) is 0. The standard InChI is InChI=1S/C14H22ClNOS/c1-2-8-16-14(10-17)7-9-18-11-12-3-5-13(15)6-4-12/h3-6,14,16-17H,2,7-11H2,1H3. The van der Waals surface area contributed by atoms with E-state index in [1.54, 1.807) is 0 Å². The number of halogens is 1. The van der Waals surface area contributed by atoms with Crippen LogP contribution in [0, 0.1) is 0 Å². The van der Waals surface area contributed by atoms with Crippen molar-refractivity contribution in [1.29, 1.82) is 0 Å². The summed E-state index contributed by atoms with van der Waals surface area (Å²) >= 11 is 7.73. The van der Waals surface area contributed by atoms with Crippen LogP contribution in [0.25, 0.3) is 0 Å². The average molecular weight is 288 g/mol. The summed E-state index contributed by atoms with van der Waals surface area (Å²) in [5.74, 6) is 2.06. The Hall–Kier alpha value is -0.220. The lowest BCUT2D eigenvalue weighted by molar-refractivity contribution is 0.240. The van der Waals surface area contributed by atoms with Crippen molar-refractivity contribution in [3.05, 3.63) is 34.9 Å². The summed E-state index contributed by atoms with van der Waals surface area (Å²) in [6, 6.07) is 8.22. The second-order valence-corrected chi connectivity index (χ2v) is 5.84. The molecule has 0 bridgehead atoms. The third-order valence-corrected chi connectivity index (χ3v) is 4.01. The van der Waals surface area contributed by atoms with Crippen molar-refractivity contribution >= 4 is 23.4 Å². The Morgan fingerprint density at radius 3 is 2.67 bits per heavy atom. The maximum Gasteiger partial charge on any atom is 0.0584 e. The molecule has 1 rings (SSSR count). The third kappa shape index (κ3) is 6.64. The molecule has 2 N–H and O–H groups in total. The summed E-state index contributed by atoms with van der Waals surface area (Å²) in [6.07, 6.45) is 2.11. The number of thioether (sulfide) groups is 1. The van der Waals surface area contributed by atoms with Gasteiger partial charge in [-0.05, 0) is 42.8 Å². The van der Waals surface area contributed by atoms with Crippen LogP contribution < -0.4 is 5.32 Å². The maximum absolute atomic E-state index is 9.21. The van der Waals surface area contributed by atoms with E-state index in [1.165, 1.54) is 5.56 Å². The molecular formula is C14H22ClNOS. The van der Waals surface area contributed by atoms with Gasteiger partial charge in [-0.2, -0.15) is 11.8 Å². The van der Waals surface area contributed by atoms with Gasteiger partial charge < -0.3 is 10.4 Å². The minimum atomic E-state index is 0.224. The SMILES string of the molecule is CCCNC(CO)CCSCc1ccc(Cl)cc1. The van der Waals surface area contributed by atoms with E-state index in [2.05, 4.69) is 24.4 Å². The van der Waals surface area contributed by atoms with Crippen molar-refractivity contribution in [2.24, 2.45) is 0 Å². The van der Waals surface area contributed by atoms with E-state index < -0.39 is 0 Å². The van der Waals surface area contributed by atoms with Gasteiger partial charge in [-0.1, -0.05) is 30.7 Å². The third-order valence-electron chi connectivity index (χ3n) is 2.70. The van der Waals surface area contributed by atoms with Gasteiger partial charge in [0.15, 0.2) is 0 Å². The molecule has 1 atom stereocenters. The summed E-state index contributed by atoms with van der Waals surface area (Å²) in [5.41, 5.74) is 1.30. The van der Waals surface area contributed by atoms with Crippen LogP contribution >= 0.6 is 23.4 Å². The summed E-state index contributed by atoms with van der Waals surface area (Å²) < 4.78 is 0. The first-order valence-electron chi connectivity index (χ1n) is 6.42. The minimum absolute atomic E-state index is 0.224. The van der Waals surface area contributed by atoms with Gasteiger partial charge in [-0.3, -0.25) is 0 Å². The molecular weight excluding hydrogens is 266 g/mol. The van der Waals surface area contributed by atoms with Crippen molar-refractivity contribution in [2.45, 2.75) is 31.6 Å². The van der Waals surface area contributed by atoms with Crippen LogP contribution in [0.1, 0.15) is 25.3 Å². The molecule has 0 heterocycles. The predicted octanol–water partition coefficient (Wildman–Crippen LogP) is 3.32. The summed E-state index contributed by atoms with van der Waals surface area (Å²) in [6.45, 7) is 3.34. The smallest absolute Gasteiger partial charge is 0.0584 e. The molecule has 0 aliphatic heterocycles. The van der Waals surface area contributed by atoms with Gasteiger partial charge in [-0.25, -0.2) is 0 Å². The molecule has 0 amide bonds. The second-order valence-electron chi connectivity index (χ2n) is 4.30. The molecule has 0 spiro atoms. The van der Waals surface area contributed by atoms with Crippen molar-refractivity contribution in [3.63, 3.8) is 0 Å². The molecule has 0 aromatic heterocycles. The Morgan fingerprint density at radius 1 is 1.33 bits per heavy atom. The highest BCUT2D eigenvalue weighted by atomic mass is 35.5. The first-order chi connectivity index (χ1) is 8.76. The number of hydrogen-bond acceptors (Lipinski definition) is 3. The molecule has 4 heteroatoms. The summed E-state index contributed by atoms with van der Waals surface area (Å²) in [5, 5.41) is 13.3. The fourth-order valence-electron chi connectivity index (χ4n) is 1.60. The number of hydrogen-bond donors (Lipinski definition) is 2. The van der Waals surface area contributed by atoms with E-state index in [1.807, 2.05) is 23.9 Å². The van der Waals surface area contributed by atoms with Crippen molar-refractivity contribution in [1.82, 2.24) is 5.32 Å². The first kappa shape index (κ1) is 15.8. The van der Waals surface area contributed by atoms with Crippen molar-refractivity contribution in [3.8, 4) is 0 Å². The normalized spacial score (nSPS) is 12.6. The van der Waals surface area contributed by atoms with Crippen molar-refractivity contribution in [2.75, 3.05) is 18.9 Å². The van der Waals surface area contributed by atoms with Gasteiger partial charge in [-0.15, -0.1) is 0 Å². The Morgan fingerprint density at radius 2 is 2.06 bits per heavy atom. The van der Waals surface area contributed by atoms with E-state index in [9.17, 15) is 5.11 Å². The molecule has 1 aromatic carbocycles. The van der Waals surface area contributed by atoms with Crippen LogP contribution in [0.5, 0.6) is 0 Å². The first-order valence-corrected chi connectivity index (χ1v) is 7.96. The topological polar surface area (TPSA) is 32.3 Å². The molecule has 0 radical (unpaired) electrons. The quantitative estimate of drug-likeness (QED) is 0.684. The highest BCUT2D eigenvalue weighted by molar-refractivity contribution is 7.98. The van der Waals surface area contributed by atoms with Gasteiger partial charge in [0, 0.05) is 16.8 Å². The second kappa shape index (κ2) is 9.68. The van der Waals surface area contributed by atoms with Gasteiger partial charge >= 0.3 is 0 Å². The van der Waals surface area contributed by atoms with Gasteiger partial charge in [0.05, 0.1) is 6.61 Å². The van der Waals surface area contributed by atoms with Crippen LogP contribution in [-0.2, 0) is 5.75 Å². The molecule has 18 heavy (non-hydrogen) atoms. The lowest BCUT2D eigenvalue weighted by Gasteiger charge is -2.15. The zero-order chi connectivity index (χ0) is 13.2. The lowest BCUT2D eigenvalue weighted by Crippen LogP contribution is -2.33. The molecule has 0 fully saturated rings. The number of aliphatic hydroxyl groups excluding tert-OH is 1. The number of aliphatic hydroxyl groups is 1. The minimum Gasteiger partial charge on any atom is -0.395 e. The lowest BCUT2D eigenvalue weighted by atomic mass is 10.2.